The number of ketones is 1. The second kappa shape index (κ2) is 8.05. The van der Waals surface area contributed by atoms with Crippen molar-refractivity contribution >= 4 is 23.6 Å². The van der Waals surface area contributed by atoms with E-state index < -0.39 is 0 Å². The molecular weight excluding hydrogens is 344 g/mol. The summed E-state index contributed by atoms with van der Waals surface area (Å²) in [5.41, 5.74) is 1.07. The smallest absolute Gasteiger partial charge is 0.251 e. The Labute approximate surface area is 159 Å². The molecule has 1 atom stereocenters. The monoisotopic (exact) mass is 370 g/mol. The Bertz CT molecular complexity index is 789. The molecule has 1 saturated heterocycles. The summed E-state index contributed by atoms with van der Waals surface area (Å²) in [6, 6.07) is 6.88. The van der Waals surface area contributed by atoms with Crippen molar-refractivity contribution < 1.29 is 19.4 Å². The van der Waals surface area contributed by atoms with E-state index in [0.717, 1.165) is 19.4 Å². The van der Waals surface area contributed by atoms with Crippen molar-refractivity contribution in [3.05, 3.63) is 41.2 Å². The maximum absolute atomic E-state index is 12.3. The van der Waals surface area contributed by atoms with Crippen LogP contribution >= 0.6 is 0 Å². The molecule has 1 unspecified atom stereocenters. The number of hydrogen-bond acceptors (Lipinski definition) is 5. The molecule has 6 nitrogen and oxygen atoms in total. The molecule has 0 bridgehead atoms. The maximum Gasteiger partial charge on any atom is 0.251 e. The highest BCUT2D eigenvalue weighted by molar-refractivity contribution is 6.15. The van der Waals surface area contributed by atoms with Crippen LogP contribution in [0.5, 0.6) is 0 Å². The number of aliphatic hydroxyl groups is 1. The third kappa shape index (κ3) is 5.04. The van der Waals surface area contributed by atoms with Crippen molar-refractivity contribution in [3.63, 3.8) is 0 Å². The van der Waals surface area contributed by atoms with Gasteiger partial charge in [0.05, 0.1) is 17.4 Å². The number of carbonyl (C=O) groups excluding carboxylic acids is 2. The molecule has 1 aromatic carbocycles. The Morgan fingerprint density at radius 3 is 2.93 bits per heavy atom. The molecule has 1 aromatic rings. The molecule has 2 N–H and O–H groups in total. The summed E-state index contributed by atoms with van der Waals surface area (Å²) < 4.78 is 5.50. The predicted octanol–water partition coefficient (Wildman–Crippen LogP) is 3.50. The van der Waals surface area contributed by atoms with Crippen LogP contribution in [0.1, 0.15) is 49.9 Å². The van der Waals surface area contributed by atoms with Gasteiger partial charge >= 0.3 is 0 Å². The van der Waals surface area contributed by atoms with Crippen LogP contribution in [-0.2, 0) is 9.53 Å². The number of carbonyl (C=O) groups is 2. The minimum Gasteiger partial charge on any atom is -0.511 e. The van der Waals surface area contributed by atoms with Gasteiger partial charge in [0.25, 0.3) is 5.91 Å². The van der Waals surface area contributed by atoms with E-state index >= 15 is 0 Å². The van der Waals surface area contributed by atoms with Crippen molar-refractivity contribution in [1.29, 1.82) is 0 Å². The SMILES string of the molecule is CC1(C)CC(=O)C(C=Nc2cccc(C(=O)NCC3CCCO3)c2)=C(O)C1. The predicted molar refractivity (Wildman–Crippen MR) is 104 cm³/mol. The van der Waals surface area contributed by atoms with Gasteiger partial charge in [-0.3, -0.25) is 14.6 Å². The zero-order valence-corrected chi connectivity index (χ0v) is 15.8. The lowest BCUT2D eigenvalue weighted by Crippen LogP contribution is -2.31. The number of hydrogen-bond donors (Lipinski definition) is 2. The molecule has 1 amide bonds. The standard InChI is InChI=1S/C21H26N2O4/c1-21(2)10-18(24)17(19(25)11-21)13-22-15-6-3-5-14(9-15)20(26)23-12-16-7-4-8-27-16/h3,5-6,9,13,16,24H,4,7-8,10-12H2,1-2H3,(H,23,26). The Hall–Kier alpha value is -2.47. The van der Waals surface area contributed by atoms with Gasteiger partial charge < -0.3 is 15.2 Å². The van der Waals surface area contributed by atoms with Crippen molar-refractivity contribution in [2.24, 2.45) is 10.4 Å². The number of allylic oxidation sites excluding steroid dienone is 2. The second-order valence-electron chi connectivity index (χ2n) is 7.95. The van der Waals surface area contributed by atoms with E-state index in [4.69, 9.17) is 4.74 Å². The molecule has 144 valence electrons. The highest BCUT2D eigenvalue weighted by Crippen LogP contribution is 2.35. The van der Waals surface area contributed by atoms with Crippen LogP contribution in [0, 0.1) is 5.41 Å². The highest BCUT2D eigenvalue weighted by atomic mass is 16.5. The molecule has 0 saturated carbocycles. The first-order valence-corrected chi connectivity index (χ1v) is 9.33. The van der Waals surface area contributed by atoms with Gasteiger partial charge in [0.1, 0.15) is 5.76 Å². The lowest BCUT2D eigenvalue weighted by Gasteiger charge is -2.28. The molecule has 0 radical (unpaired) electrons. The molecule has 1 aliphatic heterocycles. The van der Waals surface area contributed by atoms with E-state index in [2.05, 4.69) is 10.3 Å². The number of ether oxygens (including phenoxy) is 1. The van der Waals surface area contributed by atoms with E-state index in [1.165, 1.54) is 6.21 Å². The minimum atomic E-state index is -0.237. The lowest BCUT2D eigenvalue weighted by atomic mass is 9.77. The van der Waals surface area contributed by atoms with Gasteiger partial charge in [-0.25, -0.2) is 0 Å². The molecule has 0 spiro atoms. The average molecular weight is 370 g/mol. The zero-order chi connectivity index (χ0) is 19.4. The molecular formula is C21H26N2O4. The van der Waals surface area contributed by atoms with Crippen LogP contribution in [0.4, 0.5) is 5.69 Å². The average Bonchev–Trinajstić information content (AvgIpc) is 3.11. The molecule has 6 heteroatoms. The molecule has 1 fully saturated rings. The number of amides is 1. The normalized spacial score (nSPS) is 22.4. The number of aliphatic imine (C=N–C) groups is 1. The van der Waals surface area contributed by atoms with Crippen molar-refractivity contribution in [3.8, 4) is 0 Å². The summed E-state index contributed by atoms with van der Waals surface area (Å²) in [5, 5.41) is 13.0. The molecule has 2 aliphatic rings. The Morgan fingerprint density at radius 2 is 2.22 bits per heavy atom. The summed E-state index contributed by atoms with van der Waals surface area (Å²) in [6.45, 7) is 5.15. The second-order valence-corrected chi connectivity index (χ2v) is 7.95. The van der Waals surface area contributed by atoms with Gasteiger partial charge in [0.15, 0.2) is 5.78 Å². The van der Waals surface area contributed by atoms with Gasteiger partial charge in [-0.05, 0) is 36.5 Å². The van der Waals surface area contributed by atoms with Crippen molar-refractivity contribution in [2.45, 2.75) is 45.6 Å². The van der Waals surface area contributed by atoms with E-state index in [1.807, 2.05) is 13.8 Å². The van der Waals surface area contributed by atoms with Crippen LogP contribution in [0.15, 0.2) is 40.6 Å². The Balaban J connectivity index is 1.67. The van der Waals surface area contributed by atoms with Gasteiger partial charge in [-0.2, -0.15) is 0 Å². The van der Waals surface area contributed by atoms with Crippen molar-refractivity contribution in [1.82, 2.24) is 5.32 Å². The van der Waals surface area contributed by atoms with E-state index in [9.17, 15) is 14.7 Å². The van der Waals surface area contributed by atoms with E-state index in [-0.39, 0.29) is 34.5 Å². The summed E-state index contributed by atoms with van der Waals surface area (Å²) in [6.07, 6.45) is 4.32. The Morgan fingerprint density at radius 1 is 1.41 bits per heavy atom. The first kappa shape index (κ1) is 19.3. The third-order valence-electron chi connectivity index (χ3n) is 4.86. The number of Topliss-reactive ketones (excluding diaryl/α,β-unsaturated/α-hetero) is 1. The lowest BCUT2D eigenvalue weighted by molar-refractivity contribution is -0.117. The van der Waals surface area contributed by atoms with Crippen LogP contribution < -0.4 is 5.32 Å². The maximum atomic E-state index is 12.3. The number of nitrogens with zero attached hydrogens (tertiary/aromatic N) is 1. The summed E-state index contributed by atoms with van der Waals surface area (Å²) in [4.78, 5) is 28.8. The number of benzene rings is 1. The number of rotatable bonds is 5. The Kier molecular flexibility index (Phi) is 5.75. The summed E-state index contributed by atoms with van der Waals surface area (Å²) in [5.74, 6) is -0.219. The number of aliphatic hydroxyl groups excluding tert-OH is 1. The van der Waals surface area contributed by atoms with Crippen LogP contribution in [0.25, 0.3) is 0 Å². The van der Waals surface area contributed by atoms with Gasteiger partial charge in [-0.15, -0.1) is 0 Å². The zero-order valence-electron chi connectivity index (χ0n) is 15.8. The minimum absolute atomic E-state index is 0.0745. The van der Waals surface area contributed by atoms with E-state index in [1.54, 1.807) is 24.3 Å². The van der Waals surface area contributed by atoms with Crippen LogP contribution in [-0.4, -0.2) is 42.3 Å². The van der Waals surface area contributed by atoms with E-state index in [0.29, 0.717) is 30.6 Å². The van der Waals surface area contributed by atoms with Crippen molar-refractivity contribution in [2.75, 3.05) is 13.2 Å². The first-order valence-electron chi connectivity index (χ1n) is 9.33. The molecule has 1 aliphatic carbocycles. The molecule has 27 heavy (non-hydrogen) atoms. The molecule has 1 heterocycles. The van der Waals surface area contributed by atoms with Gasteiger partial charge in [0.2, 0.25) is 0 Å². The quantitative estimate of drug-likeness (QED) is 0.777. The summed E-state index contributed by atoms with van der Waals surface area (Å²) in [7, 11) is 0. The summed E-state index contributed by atoms with van der Waals surface area (Å²) >= 11 is 0. The first-order chi connectivity index (χ1) is 12.8. The fourth-order valence-corrected chi connectivity index (χ4v) is 3.43. The molecule has 0 aromatic heterocycles. The fraction of sp³-hybridized carbons (Fsp3) is 0.476. The number of nitrogens with one attached hydrogen (secondary N) is 1. The third-order valence-corrected chi connectivity index (χ3v) is 4.86. The largest absolute Gasteiger partial charge is 0.511 e. The van der Waals surface area contributed by atoms with Crippen LogP contribution in [0.3, 0.4) is 0 Å². The van der Waals surface area contributed by atoms with Crippen LogP contribution in [0.2, 0.25) is 0 Å². The van der Waals surface area contributed by atoms with Gasteiger partial charge in [0, 0.05) is 37.8 Å². The fourth-order valence-electron chi connectivity index (χ4n) is 3.43. The topological polar surface area (TPSA) is 88.0 Å². The van der Waals surface area contributed by atoms with Gasteiger partial charge in [-0.1, -0.05) is 19.9 Å². The highest BCUT2D eigenvalue weighted by Gasteiger charge is 2.32. The molecule has 3 rings (SSSR count).